The first kappa shape index (κ1) is 31.2. The lowest BCUT2D eigenvalue weighted by Gasteiger charge is -2.31. The van der Waals surface area contributed by atoms with Crippen molar-refractivity contribution in [3.05, 3.63) is 129 Å². The van der Waals surface area contributed by atoms with Gasteiger partial charge in [-0.2, -0.15) is 0 Å². The molecular formula is C34H31BrF2N2O5. The molecule has 2 N–H and O–H groups in total. The highest BCUT2D eigenvalue weighted by atomic mass is 79.9. The fourth-order valence-corrected chi connectivity index (χ4v) is 5.47. The second kappa shape index (κ2) is 14.0. The Morgan fingerprint density at radius 3 is 2.43 bits per heavy atom. The van der Waals surface area contributed by atoms with Crippen LogP contribution in [0.25, 0.3) is 0 Å². The van der Waals surface area contributed by atoms with E-state index < -0.39 is 29.2 Å². The first-order valence-electron chi connectivity index (χ1n) is 14.0. The molecule has 228 valence electrons. The minimum Gasteiger partial charge on any atom is -0.497 e. The number of halogens is 3. The van der Waals surface area contributed by atoms with Gasteiger partial charge in [0.1, 0.15) is 23.1 Å². The van der Waals surface area contributed by atoms with Crippen molar-refractivity contribution in [3.8, 4) is 11.5 Å². The Morgan fingerprint density at radius 2 is 1.73 bits per heavy atom. The normalized spacial score (nSPS) is 17.5. The Labute approximate surface area is 262 Å². The summed E-state index contributed by atoms with van der Waals surface area (Å²) < 4.78 is 47.5. The molecule has 7 nitrogen and oxygen atoms in total. The van der Waals surface area contributed by atoms with Crippen molar-refractivity contribution in [2.24, 2.45) is 4.99 Å². The molecule has 0 saturated carbocycles. The van der Waals surface area contributed by atoms with E-state index in [9.17, 15) is 13.6 Å². The quantitative estimate of drug-likeness (QED) is 0.173. The molecule has 0 saturated heterocycles. The molecule has 1 amide bonds. The molecule has 1 heterocycles. The van der Waals surface area contributed by atoms with Gasteiger partial charge in [-0.3, -0.25) is 4.79 Å². The molecule has 44 heavy (non-hydrogen) atoms. The minimum absolute atomic E-state index is 0.0274. The van der Waals surface area contributed by atoms with Gasteiger partial charge in [0.25, 0.3) is 5.91 Å². The number of carbonyl (C=O) groups excluding carboxylic acids is 1. The summed E-state index contributed by atoms with van der Waals surface area (Å²) in [6, 6.07) is 25.3. The van der Waals surface area contributed by atoms with E-state index in [1.54, 1.807) is 49.6 Å². The molecular weight excluding hydrogens is 634 g/mol. The van der Waals surface area contributed by atoms with Gasteiger partial charge in [-0.25, -0.2) is 13.8 Å². The third kappa shape index (κ3) is 6.76. The molecule has 0 radical (unpaired) electrons. The molecule has 4 aromatic rings. The SMILES string of the molecule is COc1cccc([C@H]2OC(c3ccc(OCCCO)cc3)=N[C@@]2(Cc2ccccc2Br)C(=O)NCc2c(F)cccc2F)c1. The van der Waals surface area contributed by atoms with Crippen LogP contribution >= 0.6 is 15.9 Å². The van der Waals surface area contributed by atoms with E-state index >= 15 is 0 Å². The Kier molecular flexibility index (Phi) is 9.92. The number of hydrogen-bond acceptors (Lipinski definition) is 6. The van der Waals surface area contributed by atoms with Gasteiger partial charge in [-0.05, 0) is 65.7 Å². The van der Waals surface area contributed by atoms with Crippen LogP contribution in [-0.2, 0) is 22.5 Å². The average molecular weight is 666 g/mol. The highest BCUT2D eigenvalue weighted by molar-refractivity contribution is 9.10. The fraction of sp³-hybridized carbons (Fsp3) is 0.235. The van der Waals surface area contributed by atoms with Gasteiger partial charge in [0.2, 0.25) is 5.90 Å². The zero-order chi connectivity index (χ0) is 31.1. The number of nitrogens with one attached hydrogen (secondary N) is 1. The standard InChI is InChI=1S/C34H31BrF2N2O5/c1-42-26-9-4-8-23(19-26)31-34(20-24-7-2-3-10-28(24)35,33(41)38-21-27-29(36)11-5-12-30(27)37)39-32(44-31)22-13-15-25(16-14-22)43-18-6-17-40/h2-5,7-16,19,31,40H,6,17-18,20-21H2,1H3,(H,38,41)/t31-,34-/m1/s1. The largest absolute Gasteiger partial charge is 0.497 e. The maximum Gasteiger partial charge on any atom is 0.252 e. The van der Waals surface area contributed by atoms with Crippen molar-refractivity contribution in [3.63, 3.8) is 0 Å². The van der Waals surface area contributed by atoms with Crippen molar-refractivity contribution in [2.75, 3.05) is 20.3 Å². The van der Waals surface area contributed by atoms with E-state index in [2.05, 4.69) is 21.2 Å². The highest BCUT2D eigenvalue weighted by Gasteiger charge is 2.53. The smallest absolute Gasteiger partial charge is 0.252 e. The van der Waals surface area contributed by atoms with Crippen LogP contribution in [0.5, 0.6) is 11.5 Å². The van der Waals surface area contributed by atoms with Crippen LogP contribution in [-0.4, -0.2) is 42.8 Å². The first-order chi connectivity index (χ1) is 21.3. The molecule has 0 unspecified atom stereocenters. The van der Waals surface area contributed by atoms with Crippen LogP contribution in [0.4, 0.5) is 8.78 Å². The molecule has 1 aliphatic heterocycles. The number of benzene rings is 4. The summed E-state index contributed by atoms with van der Waals surface area (Å²) in [6.07, 6.45) is -0.317. The summed E-state index contributed by atoms with van der Waals surface area (Å²) in [4.78, 5) is 19.3. The van der Waals surface area contributed by atoms with E-state index in [1.165, 1.54) is 6.07 Å². The summed E-state index contributed by atoms with van der Waals surface area (Å²) in [6.45, 7) is 0.00722. The molecule has 0 bridgehead atoms. The van der Waals surface area contributed by atoms with E-state index in [0.29, 0.717) is 35.7 Å². The summed E-state index contributed by atoms with van der Waals surface area (Å²) in [5.41, 5.74) is 0.188. The van der Waals surface area contributed by atoms with Gasteiger partial charge < -0.3 is 24.6 Å². The topological polar surface area (TPSA) is 89.4 Å². The van der Waals surface area contributed by atoms with Crippen LogP contribution in [0, 0.1) is 11.6 Å². The van der Waals surface area contributed by atoms with E-state index in [4.69, 9.17) is 24.3 Å². The van der Waals surface area contributed by atoms with Crippen molar-refractivity contribution in [1.29, 1.82) is 0 Å². The average Bonchev–Trinajstić information content (AvgIpc) is 3.43. The third-order valence-corrected chi connectivity index (χ3v) is 8.11. The number of aliphatic hydroxyl groups excluding tert-OH is 1. The summed E-state index contributed by atoms with van der Waals surface area (Å²) in [7, 11) is 1.55. The summed E-state index contributed by atoms with van der Waals surface area (Å²) in [5.74, 6) is -0.700. The van der Waals surface area contributed by atoms with Crippen molar-refractivity contribution in [1.82, 2.24) is 5.32 Å². The number of rotatable bonds is 12. The lowest BCUT2D eigenvalue weighted by atomic mass is 9.82. The van der Waals surface area contributed by atoms with Gasteiger partial charge >= 0.3 is 0 Å². The van der Waals surface area contributed by atoms with Crippen LogP contribution in [0.2, 0.25) is 0 Å². The number of carbonyl (C=O) groups is 1. The molecule has 1 aliphatic rings. The molecule has 10 heteroatoms. The van der Waals surface area contributed by atoms with Crippen LogP contribution in [0.15, 0.2) is 100 Å². The van der Waals surface area contributed by atoms with Crippen molar-refractivity contribution in [2.45, 2.75) is 31.0 Å². The van der Waals surface area contributed by atoms with Crippen molar-refractivity contribution >= 4 is 27.7 Å². The number of ether oxygens (including phenoxy) is 3. The maximum absolute atomic E-state index is 14.5. The van der Waals surface area contributed by atoms with Gasteiger partial charge in [0, 0.05) is 41.6 Å². The second-order valence-corrected chi connectivity index (χ2v) is 11.1. The van der Waals surface area contributed by atoms with Gasteiger partial charge in [-0.1, -0.05) is 52.3 Å². The molecule has 0 aliphatic carbocycles. The second-order valence-electron chi connectivity index (χ2n) is 10.2. The predicted octanol–water partition coefficient (Wildman–Crippen LogP) is 6.31. The first-order valence-corrected chi connectivity index (χ1v) is 14.8. The lowest BCUT2D eigenvalue weighted by molar-refractivity contribution is -0.129. The third-order valence-electron chi connectivity index (χ3n) is 7.33. The zero-order valence-electron chi connectivity index (χ0n) is 23.9. The molecule has 5 rings (SSSR count). The summed E-state index contributed by atoms with van der Waals surface area (Å²) >= 11 is 3.59. The number of hydrogen-bond donors (Lipinski definition) is 2. The van der Waals surface area contributed by atoms with Crippen molar-refractivity contribution < 1.29 is 32.9 Å². The molecule has 2 atom stereocenters. The summed E-state index contributed by atoms with van der Waals surface area (Å²) in [5, 5.41) is 11.8. The van der Waals surface area contributed by atoms with E-state index in [-0.39, 0.29) is 31.0 Å². The van der Waals surface area contributed by atoms with Gasteiger partial charge in [0.15, 0.2) is 11.6 Å². The molecule has 0 fully saturated rings. The highest BCUT2D eigenvalue weighted by Crippen LogP contribution is 2.44. The van der Waals surface area contributed by atoms with Crippen LogP contribution in [0.3, 0.4) is 0 Å². The zero-order valence-corrected chi connectivity index (χ0v) is 25.5. The number of amides is 1. The number of aliphatic hydroxyl groups is 1. The molecule has 4 aromatic carbocycles. The van der Waals surface area contributed by atoms with E-state index in [1.807, 2.05) is 30.3 Å². The van der Waals surface area contributed by atoms with Gasteiger partial charge in [-0.15, -0.1) is 0 Å². The Balaban J connectivity index is 1.59. The fourth-order valence-electron chi connectivity index (χ4n) is 5.04. The monoisotopic (exact) mass is 664 g/mol. The minimum atomic E-state index is -1.58. The predicted molar refractivity (Wildman–Crippen MR) is 166 cm³/mol. The maximum atomic E-state index is 14.5. The molecule has 0 aromatic heterocycles. The number of methoxy groups -OCH3 is 1. The van der Waals surface area contributed by atoms with Gasteiger partial charge in [0.05, 0.1) is 13.7 Å². The number of nitrogens with zero attached hydrogens (tertiary/aromatic N) is 1. The Morgan fingerprint density at radius 1 is 1.00 bits per heavy atom. The van der Waals surface area contributed by atoms with E-state index in [0.717, 1.165) is 22.2 Å². The lowest BCUT2D eigenvalue weighted by Crippen LogP contribution is -2.49. The number of aliphatic imine (C=N–C) groups is 1. The van der Waals surface area contributed by atoms with Crippen LogP contribution in [0.1, 0.15) is 34.8 Å². The molecule has 0 spiro atoms. The van der Waals surface area contributed by atoms with Crippen LogP contribution < -0.4 is 14.8 Å². The Bertz CT molecular complexity index is 1630. The Hall–Kier alpha value is -4.28.